The molecule has 3 amide bonds. The van der Waals surface area contributed by atoms with Crippen LogP contribution < -0.4 is 0 Å². The molecule has 1 aromatic carbocycles. The van der Waals surface area contributed by atoms with E-state index in [1.165, 1.54) is 0 Å². The van der Waals surface area contributed by atoms with Gasteiger partial charge in [0.2, 0.25) is 5.91 Å². The van der Waals surface area contributed by atoms with Gasteiger partial charge in [0.05, 0.1) is 0 Å². The summed E-state index contributed by atoms with van der Waals surface area (Å²) in [5, 5.41) is 0. The van der Waals surface area contributed by atoms with Gasteiger partial charge in [-0.3, -0.25) is 9.59 Å². The Morgan fingerprint density at radius 1 is 1.24 bits per heavy atom. The molecule has 6 nitrogen and oxygen atoms in total. The van der Waals surface area contributed by atoms with Gasteiger partial charge in [0.25, 0.3) is 5.91 Å². The third-order valence-electron chi connectivity index (χ3n) is 3.84. The lowest BCUT2D eigenvalue weighted by molar-refractivity contribution is -0.151. The van der Waals surface area contributed by atoms with Crippen LogP contribution in [0.4, 0.5) is 4.79 Å². The molecule has 0 spiro atoms. The Balaban J connectivity index is 1.64. The maximum Gasteiger partial charge on any atom is 0.417 e. The molecule has 0 aliphatic carbocycles. The van der Waals surface area contributed by atoms with Crippen LogP contribution in [0.3, 0.4) is 0 Å². The summed E-state index contributed by atoms with van der Waals surface area (Å²) < 4.78 is 5.13. The monoisotopic (exact) mass is 288 g/mol. The highest BCUT2D eigenvalue weighted by atomic mass is 16.6. The molecular formula is C15H16N2O4. The number of benzene rings is 1. The Morgan fingerprint density at radius 3 is 2.76 bits per heavy atom. The number of nitrogens with zero attached hydrogens (tertiary/aromatic N) is 2. The van der Waals surface area contributed by atoms with Crippen LogP contribution in [0.5, 0.6) is 0 Å². The smallest absolute Gasteiger partial charge is 0.417 e. The van der Waals surface area contributed by atoms with Crippen molar-refractivity contribution >= 4 is 17.9 Å². The molecular weight excluding hydrogens is 272 g/mol. The summed E-state index contributed by atoms with van der Waals surface area (Å²) in [6.07, 6.45) is 0.672. The van der Waals surface area contributed by atoms with E-state index in [9.17, 15) is 14.4 Å². The second kappa shape index (κ2) is 5.55. The number of carbonyl (C=O) groups excluding carboxylic acids is 3. The number of ether oxygens (including phenoxy) is 1. The highest BCUT2D eigenvalue weighted by molar-refractivity contribution is 6.03. The number of rotatable bonds is 2. The van der Waals surface area contributed by atoms with Crippen LogP contribution >= 0.6 is 0 Å². The lowest BCUT2D eigenvalue weighted by Gasteiger charge is -2.34. The molecule has 2 aliphatic rings. The molecule has 2 aliphatic heterocycles. The van der Waals surface area contributed by atoms with Crippen LogP contribution in [0.2, 0.25) is 0 Å². The van der Waals surface area contributed by atoms with E-state index in [4.69, 9.17) is 4.74 Å². The fourth-order valence-corrected chi connectivity index (χ4v) is 2.76. The summed E-state index contributed by atoms with van der Waals surface area (Å²) in [7, 11) is 0. The number of piperazine rings is 1. The number of carbonyl (C=O) groups is 3. The number of fused-ring (bicyclic) bond motifs is 1. The molecule has 3 rings (SSSR count). The van der Waals surface area contributed by atoms with Crippen molar-refractivity contribution in [2.45, 2.75) is 25.5 Å². The number of hydrogen-bond donors (Lipinski definition) is 0. The van der Waals surface area contributed by atoms with E-state index in [1.807, 2.05) is 30.3 Å². The Kier molecular flexibility index (Phi) is 3.60. The first kappa shape index (κ1) is 13.6. The first-order chi connectivity index (χ1) is 10.2. The molecule has 0 saturated carbocycles. The maximum absolute atomic E-state index is 12.2. The highest BCUT2D eigenvalue weighted by Gasteiger charge is 2.44. The average Bonchev–Trinajstić information content (AvgIpc) is 3.00. The van der Waals surface area contributed by atoms with Gasteiger partial charge in [-0.05, 0) is 18.4 Å². The summed E-state index contributed by atoms with van der Waals surface area (Å²) in [5.41, 5.74) is 0.837. The maximum atomic E-state index is 12.2. The molecule has 0 aromatic heterocycles. The highest BCUT2D eigenvalue weighted by Crippen LogP contribution is 2.24. The first-order valence-electron chi connectivity index (χ1n) is 6.98. The van der Waals surface area contributed by atoms with Gasteiger partial charge in [-0.25, -0.2) is 9.69 Å². The molecule has 2 heterocycles. The molecule has 1 atom stereocenters. The molecule has 2 saturated heterocycles. The van der Waals surface area contributed by atoms with Crippen molar-refractivity contribution in [3.63, 3.8) is 0 Å². The van der Waals surface area contributed by atoms with Crippen LogP contribution in [0.1, 0.15) is 18.4 Å². The zero-order chi connectivity index (χ0) is 14.8. The molecule has 0 radical (unpaired) electrons. The Labute approximate surface area is 122 Å². The van der Waals surface area contributed by atoms with Gasteiger partial charge < -0.3 is 9.64 Å². The van der Waals surface area contributed by atoms with Crippen molar-refractivity contribution in [3.8, 4) is 0 Å². The van der Waals surface area contributed by atoms with E-state index in [2.05, 4.69) is 0 Å². The second-order valence-electron chi connectivity index (χ2n) is 5.21. The van der Waals surface area contributed by atoms with Crippen LogP contribution in [0, 0.1) is 0 Å². The minimum absolute atomic E-state index is 0.0893. The second-order valence-corrected chi connectivity index (χ2v) is 5.21. The summed E-state index contributed by atoms with van der Waals surface area (Å²) in [5.74, 6) is -0.515. The lowest BCUT2D eigenvalue weighted by atomic mass is 10.1. The van der Waals surface area contributed by atoms with E-state index in [0.717, 1.165) is 16.9 Å². The van der Waals surface area contributed by atoms with Gasteiger partial charge in [-0.15, -0.1) is 0 Å². The fourth-order valence-electron chi connectivity index (χ4n) is 2.76. The van der Waals surface area contributed by atoms with Gasteiger partial charge in [-0.2, -0.15) is 0 Å². The standard InChI is InChI=1S/C15H16N2O4/c18-13-9-17(14(19)12-7-4-8-16(12)13)15(20)21-10-11-5-2-1-3-6-11/h1-3,5-6,12H,4,7-10H2/t12-/m1/s1. The predicted molar refractivity (Wildman–Crippen MR) is 73.1 cm³/mol. The summed E-state index contributed by atoms with van der Waals surface area (Å²) in [4.78, 5) is 38.7. The Bertz CT molecular complexity index is 572. The number of imide groups is 1. The minimum atomic E-state index is -0.747. The summed E-state index contributed by atoms with van der Waals surface area (Å²) in [6, 6.07) is 8.72. The molecule has 1 aromatic rings. The van der Waals surface area contributed by atoms with Crippen LogP contribution in [-0.2, 0) is 20.9 Å². The van der Waals surface area contributed by atoms with E-state index in [1.54, 1.807) is 4.90 Å². The van der Waals surface area contributed by atoms with Gasteiger partial charge in [-0.1, -0.05) is 30.3 Å². The van der Waals surface area contributed by atoms with Crippen molar-refractivity contribution in [2.75, 3.05) is 13.1 Å². The van der Waals surface area contributed by atoms with E-state index < -0.39 is 12.1 Å². The van der Waals surface area contributed by atoms with Crippen molar-refractivity contribution < 1.29 is 19.1 Å². The van der Waals surface area contributed by atoms with E-state index in [0.29, 0.717) is 13.0 Å². The third-order valence-corrected chi connectivity index (χ3v) is 3.84. The molecule has 0 N–H and O–H groups in total. The fraction of sp³-hybridized carbons (Fsp3) is 0.400. The largest absolute Gasteiger partial charge is 0.444 e. The molecule has 110 valence electrons. The Morgan fingerprint density at radius 2 is 2.00 bits per heavy atom. The van der Waals surface area contributed by atoms with Crippen LogP contribution in [0.15, 0.2) is 30.3 Å². The minimum Gasteiger partial charge on any atom is -0.444 e. The normalized spacial score (nSPS) is 21.4. The molecule has 6 heteroatoms. The summed E-state index contributed by atoms with van der Waals surface area (Å²) in [6.45, 7) is 0.469. The average molecular weight is 288 g/mol. The zero-order valence-electron chi connectivity index (χ0n) is 11.5. The van der Waals surface area contributed by atoms with E-state index >= 15 is 0 Å². The quantitative estimate of drug-likeness (QED) is 0.819. The molecule has 2 fully saturated rings. The van der Waals surface area contributed by atoms with Crippen molar-refractivity contribution in [1.29, 1.82) is 0 Å². The van der Waals surface area contributed by atoms with E-state index in [-0.39, 0.29) is 25.0 Å². The zero-order valence-corrected chi connectivity index (χ0v) is 11.5. The molecule has 21 heavy (non-hydrogen) atoms. The first-order valence-corrected chi connectivity index (χ1v) is 6.98. The molecule has 0 bridgehead atoms. The van der Waals surface area contributed by atoms with Crippen LogP contribution in [0.25, 0.3) is 0 Å². The van der Waals surface area contributed by atoms with Crippen molar-refractivity contribution in [2.24, 2.45) is 0 Å². The number of amides is 3. The van der Waals surface area contributed by atoms with Gasteiger partial charge in [0.1, 0.15) is 19.2 Å². The third kappa shape index (κ3) is 2.61. The predicted octanol–water partition coefficient (Wildman–Crippen LogP) is 1.16. The SMILES string of the molecule is O=C(OCc1ccccc1)N1CC(=O)N2CCC[C@@H]2C1=O. The van der Waals surface area contributed by atoms with Crippen molar-refractivity contribution in [1.82, 2.24) is 9.80 Å². The van der Waals surface area contributed by atoms with Crippen LogP contribution in [-0.4, -0.2) is 46.8 Å². The van der Waals surface area contributed by atoms with Gasteiger partial charge in [0.15, 0.2) is 0 Å². The number of hydrogen-bond acceptors (Lipinski definition) is 4. The van der Waals surface area contributed by atoms with Gasteiger partial charge in [0, 0.05) is 6.54 Å². The van der Waals surface area contributed by atoms with Crippen molar-refractivity contribution in [3.05, 3.63) is 35.9 Å². The molecule has 0 unspecified atom stereocenters. The van der Waals surface area contributed by atoms with Gasteiger partial charge >= 0.3 is 6.09 Å². The lowest BCUT2D eigenvalue weighted by Crippen LogP contribution is -2.59. The Hall–Kier alpha value is -2.37. The topological polar surface area (TPSA) is 66.9 Å². The summed E-state index contributed by atoms with van der Waals surface area (Å²) >= 11 is 0.